The molecule has 9 nitrogen and oxygen atoms in total. The Balaban J connectivity index is 0.00000420. The fourth-order valence-electron chi connectivity index (χ4n) is 3.30. The number of carbonyl (C=O) groups is 3. The molecule has 1 aliphatic heterocycles. The Kier molecular flexibility index (Phi) is 7.89. The number of unbranched alkanes of at least 4 members (excludes halogenated alkanes) is 1. The number of nitrogens with one attached hydrogen (secondary N) is 1. The predicted octanol–water partition coefficient (Wildman–Crippen LogP) is 1.19. The van der Waals surface area contributed by atoms with Crippen LogP contribution < -0.4 is 5.32 Å². The smallest absolute Gasteiger partial charge is 0.248 e. The van der Waals surface area contributed by atoms with Crippen LogP contribution in [-0.2, 0) is 14.4 Å². The summed E-state index contributed by atoms with van der Waals surface area (Å²) in [5.41, 5.74) is 0.952. The van der Waals surface area contributed by atoms with Crippen LogP contribution in [0.25, 0.3) is 0 Å². The van der Waals surface area contributed by atoms with E-state index in [1.54, 1.807) is 12.3 Å². The lowest BCUT2D eigenvalue weighted by Crippen LogP contribution is -2.47. The Bertz CT molecular complexity index is 688. The van der Waals surface area contributed by atoms with Gasteiger partial charge in [-0.3, -0.25) is 19.6 Å². The third-order valence-corrected chi connectivity index (χ3v) is 4.81. The van der Waals surface area contributed by atoms with E-state index in [0.717, 1.165) is 18.4 Å². The number of nitrogens with zero attached hydrogens (tertiary/aromatic N) is 3. The maximum absolute atomic E-state index is 13.0. The molecule has 1 saturated heterocycles. The van der Waals surface area contributed by atoms with Gasteiger partial charge in [0, 0.05) is 20.6 Å². The molecule has 0 spiro atoms. The molecule has 0 aliphatic carbocycles. The van der Waals surface area contributed by atoms with E-state index in [-0.39, 0.29) is 33.3 Å². The van der Waals surface area contributed by atoms with Crippen molar-refractivity contribution in [1.29, 1.82) is 0 Å². The Morgan fingerprint density at radius 3 is 2.86 bits per heavy atom. The van der Waals surface area contributed by atoms with Gasteiger partial charge in [0.15, 0.2) is 0 Å². The number of aryl methyl sites for hydroxylation is 1. The number of aliphatic hydroxyl groups is 1. The second-order valence-electron chi connectivity index (χ2n) is 7.17. The molecule has 3 N–H and O–H groups in total. The number of rotatable bonds is 9. The SMILES string of the molecule is CCCC[C@H](CN(O)C=O)C(=O)N1C[C@@H](O)C[C@H]1C(=O)Nc1ccc(C)cn1.[HH]. The summed E-state index contributed by atoms with van der Waals surface area (Å²) >= 11 is 0. The van der Waals surface area contributed by atoms with Crippen molar-refractivity contribution in [2.45, 2.75) is 51.7 Å². The molecule has 0 aromatic carbocycles. The van der Waals surface area contributed by atoms with E-state index in [0.29, 0.717) is 17.3 Å². The molecule has 0 unspecified atom stereocenters. The van der Waals surface area contributed by atoms with E-state index < -0.39 is 24.0 Å². The quantitative estimate of drug-likeness (QED) is 0.328. The molecule has 1 aromatic heterocycles. The van der Waals surface area contributed by atoms with Crippen LogP contribution in [0.15, 0.2) is 18.3 Å². The number of hydrogen-bond acceptors (Lipinski definition) is 6. The molecule has 3 atom stereocenters. The minimum Gasteiger partial charge on any atom is -0.391 e. The number of carbonyl (C=O) groups excluding carboxylic acids is 3. The van der Waals surface area contributed by atoms with Crippen LogP contribution in [0.1, 0.15) is 39.6 Å². The van der Waals surface area contributed by atoms with Gasteiger partial charge in [0.25, 0.3) is 0 Å². The molecule has 1 aromatic rings. The highest BCUT2D eigenvalue weighted by atomic mass is 16.5. The lowest BCUT2D eigenvalue weighted by molar-refractivity contribution is -0.157. The van der Waals surface area contributed by atoms with Gasteiger partial charge in [-0.1, -0.05) is 25.8 Å². The molecule has 0 saturated carbocycles. The first-order valence-electron chi connectivity index (χ1n) is 9.48. The lowest BCUT2D eigenvalue weighted by atomic mass is 9.99. The molecule has 3 amide bonds. The minimum absolute atomic E-state index is 0. The largest absolute Gasteiger partial charge is 0.391 e. The van der Waals surface area contributed by atoms with Gasteiger partial charge in [0.2, 0.25) is 18.2 Å². The van der Waals surface area contributed by atoms with E-state index in [1.807, 2.05) is 19.9 Å². The van der Waals surface area contributed by atoms with Crippen LogP contribution in [-0.4, -0.2) is 68.7 Å². The Hall–Kier alpha value is -2.52. The van der Waals surface area contributed by atoms with Crippen molar-refractivity contribution < 1.29 is 26.1 Å². The van der Waals surface area contributed by atoms with Gasteiger partial charge in [-0.25, -0.2) is 10.0 Å². The summed E-state index contributed by atoms with van der Waals surface area (Å²) < 4.78 is 0. The Morgan fingerprint density at radius 1 is 1.50 bits per heavy atom. The highest BCUT2D eigenvalue weighted by molar-refractivity contribution is 5.97. The van der Waals surface area contributed by atoms with E-state index in [9.17, 15) is 24.7 Å². The van der Waals surface area contributed by atoms with E-state index >= 15 is 0 Å². The summed E-state index contributed by atoms with van der Waals surface area (Å²) in [6.45, 7) is 3.74. The molecular weight excluding hydrogens is 364 g/mol. The minimum atomic E-state index is -0.835. The fraction of sp³-hybridized carbons (Fsp3) is 0.579. The Labute approximate surface area is 165 Å². The summed E-state index contributed by atoms with van der Waals surface area (Å²) in [7, 11) is 0. The number of hydrogen-bond donors (Lipinski definition) is 3. The third-order valence-electron chi connectivity index (χ3n) is 4.81. The molecular formula is C19H30N4O5. The first kappa shape index (κ1) is 21.8. The summed E-state index contributed by atoms with van der Waals surface area (Å²) in [6, 6.07) is 2.64. The molecule has 2 heterocycles. The zero-order valence-electron chi connectivity index (χ0n) is 16.2. The van der Waals surface area contributed by atoms with Gasteiger partial charge < -0.3 is 15.3 Å². The Morgan fingerprint density at radius 2 is 2.25 bits per heavy atom. The van der Waals surface area contributed by atoms with Crippen molar-refractivity contribution in [1.82, 2.24) is 14.9 Å². The van der Waals surface area contributed by atoms with Gasteiger partial charge in [0.1, 0.15) is 11.9 Å². The molecule has 2 rings (SSSR count). The van der Waals surface area contributed by atoms with Crippen molar-refractivity contribution in [2.75, 3.05) is 18.4 Å². The third kappa shape index (κ3) is 5.74. The van der Waals surface area contributed by atoms with Crippen LogP contribution in [0.5, 0.6) is 0 Å². The van der Waals surface area contributed by atoms with E-state index in [2.05, 4.69) is 10.3 Å². The maximum atomic E-state index is 13.0. The van der Waals surface area contributed by atoms with Crippen LogP contribution in [0.2, 0.25) is 0 Å². The van der Waals surface area contributed by atoms with Gasteiger partial charge in [-0.15, -0.1) is 0 Å². The van der Waals surface area contributed by atoms with E-state index in [4.69, 9.17) is 0 Å². The number of hydroxylamine groups is 2. The summed E-state index contributed by atoms with van der Waals surface area (Å²) in [4.78, 5) is 41.9. The summed E-state index contributed by atoms with van der Waals surface area (Å²) in [5.74, 6) is -1.06. The number of aliphatic hydroxyl groups excluding tert-OH is 1. The normalized spacial score (nSPS) is 19.9. The van der Waals surface area contributed by atoms with Crippen molar-refractivity contribution in [3.63, 3.8) is 0 Å². The monoisotopic (exact) mass is 394 g/mol. The molecule has 28 heavy (non-hydrogen) atoms. The molecule has 0 radical (unpaired) electrons. The topological polar surface area (TPSA) is 123 Å². The predicted molar refractivity (Wildman–Crippen MR) is 103 cm³/mol. The van der Waals surface area contributed by atoms with Crippen LogP contribution in [0.4, 0.5) is 5.82 Å². The fourth-order valence-corrected chi connectivity index (χ4v) is 3.30. The van der Waals surface area contributed by atoms with Crippen molar-refractivity contribution in [3.8, 4) is 0 Å². The average molecular weight is 394 g/mol. The van der Waals surface area contributed by atoms with Gasteiger partial charge in [-0.05, 0) is 25.0 Å². The van der Waals surface area contributed by atoms with Crippen molar-refractivity contribution in [3.05, 3.63) is 23.9 Å². The number of amides is 3. The molecule has 1 fully saturated rings. The zero-order valence-corrected chi connectivity index (χ0v) is 16.2. The first-order chi connectivity index (χ1) is 13.3. The van der Waals surface area contributed by atoms with Crippen LogP contribution in [0, 0.1) is 12.8 Å². The molecule has 9 heteroatoms. The van der Waals surface area contributed by atoms with Crippen LogP contribution >= 0.6 is 0 Å². The van der Waals surface area contributed by atoms with Gasteiger partial charge in [-0.2, -0.15) is 0 Å². The standard InChI is InChI=1S/C19H28N4O5.H2/c1-3-4-5-14(10-22(28)12-24)19(27)23-11-15(25)8-16(23)18(26)21-17-7-6-13(2)9-20-17;/h6-7,9,12,14-16,25,28H,3-5,8,10-11H2,1-2H3,(H,20,21,26);1H/t14-,15+,16+;/m1./s1. The highest BCUT2D eigenvalue weighted by Crippen LogP contribution is 2.24. The number of aromatic nitrogens is 1. The van der Waals surface area contributed by atoms with Gasteiger partial charge >= 0.3 is 0 Å². The van der Waals surface area contributed by atoms with Crippen molar-refractivity contribution in [2.24, 2.45) is 5.92 Å². The number of anilines is 1. The highest BCUT2D eigenvalue weighted by Gasteiger charge is 2.41. The summed E-state index contributed by atoms with van der Waals surface area (Å²) in [6.07, 6.45) is 3.25. The summed E-state index contributed by atoms with van der Waals surface area (Å²) in [5, 5.41) is 22.7. The van der Waals surface area contributed by atoms with E-state index in [1.165, 1.54) is 4.90 Å². The van der Waals surface area contributed by atoms with Crippen molar-refractivity contribution >= 4 is 24.0 Å². The van der Waals surface area contributed by atoms with Crippen LogP contribution in [0.3, 0.4) is 0 Å². The number of likely N-dealkylation sites (tertiary alicyclic amines) is 1. The number of β-amino-alcohol motifs (C(OH)–C–C–N with tert-alkyl or cyclic N) is 1. The van der Waals surface area contributed by atoms with Gasteiger partial charge in [0.05, 0.1) is 18.6 Å². The number of pyridine rings is 1. The first-order valence-corrected chi connectivity index (χ1v) is 9.48. The second kappa shape index (κ2) is 10.1. The maximum Gasteiger partial charge on any atom is 0.248 e. The average Bonchev–Trinajstić information content (AvgIpc) is 3.08. The molecule has 0 bridgehead atoms. The lowest BCUT2D eigenvalue weighted by Gasteiger charge is -2.29. The molecule has 1 aliphatic rings. The second-order valence-corrected chi connectivity index (χ2v) is 7.17. The zero-order chi connectivity index (χ0) is 20.7. The molecule has 156 valence electrons.